The second kappa shape index (κ2) is 7.05. The van der Waals surface area contributed by atoms with E-state index in [4.69, 9.17) is 5.11 Å². The zero-order valence-electron chi connectivity index (χ0n) is 10.7. The Balaban J connectivity index is 2.42. The summed E-state index contributed by atoms with van der Waals surface area (Å²) in [6.45, 7) is -0.0937. The van der Waals surface area contributed by atoms with E-state index in [2.05, 4.69) is 4.72 Å². The molecular weight excluding hydrogens is 295 g/mol. The van der Waals surface area contributed by atoms with E-state index >= 15 is 0 Å². The highest BCUT2D eigenvalue weighted by molar-refractivity contribution is 7.89. The van der Waals surface area contributed by atoms with Crippen molar-refractivity contribution in [3.8, 4) is 0 Å². The molecule has 0 amide bonds. The number of rotatable bonds is 7. The van der Waals surface area contributed by atoms with Gasteiger partial charge < -0.3 is 5.11 Å². The molecule has 1 aromatic rings. The van der Waals surface area contributed by atoms with Crippen LogP contribution in [-0.4, -0.2) is 25.5 Å². The Bertz CT molecular complexity index is 512. The molecule has 0 aromatic heterocycles. The summed E-state index contributed by atoms with van der Waals surface area (Å²) >= 11 is 0. The summed E-state index contributed by atoms with van der Waals surface area (Å²) in [4.78, 5) is 0. The molecule has 0 fully saturated rings. The Morgan fingerprint density at radius 2 is 1.65 bits per heavy atom. The van der Waals surface area contributed by atoms with Crippen LogP contribution in [0.2, 0.25) is 0 Å². The van der Waals surface area contributed by atoms with E-state index in [-0.39, 0.29) is 13.2 Å². The molecule has 0 unspecified atom stereocenters. The Hall–Kier alpha value is -1.12. The standard InChI is InChI=1S/C12H16F3NO3S/c13-12(14,15)6-1-7-20(18,19)16-8-10-2-4-11(9-17)5-3-10/h2-5,16-17H,1,6-9H2. The van der Waals surface area contributed by atoms with Crippen LogP contribution in [0, 0.1) is 0 Å². The van der Waals surface area contributed by atoms with Crippen molar-refractivity contribution in [1.29, 1.82) is 0 Å². The molecule has 0 aliphatic carbocycles. The minimum Gasteiger partial charge on any atom is -0.392 e. The molecule has 0 aliphatic heterocycles. The Morgan fingerprint density at radius 1 is 1.10 bits per heavy atom. The van der Waals surface area contributed by atoms with Crippen molar-refractivity contribution in [1.82, 2.24) is 4.72 Å². The van der Waals surface area contributed by atoms with Crippen LogP contribution in [-0.2, 0) is 23.2 Å². The lowest BCUT2D eigenvalue weighted by atomic mass is 10.1. The van der Waals surface area contributed by atoms with Gasteiger partial charge in [0, 0.05) is 13.0 Å². The van der Waals surface area contributed by atoms with Crippen LogP contribution in [0.5, 0.6) is 0 Å². The Kier molecular flexibility index (Phi) is 5.97. The quantitative estimate of drug-likeness (QED) is 0.809. The predicted octanol–water partition coefficient (Wildman–Crippen LogP) is 1.94. The van der Waals surface area contributed by atoms with Crippen molar-refractivity contribution in [2.45, 2.75) is 32.2 Å². The number of alkyl halides is 3. The number of nitrogens with one attached hydrogen (secondary N) is 1. The lowest BCUT2D eigenvalue weighted by Crippen LogP contribution is -2.26. The molecule has 0 atom stereocenters. The van der Waals surface area contributed by atoms with Crippen molar-refractivity contribution >= 4 is 10.0 Å². The molecule has 0 radical (unpaired) electrons. The zero-order valence-corrected chi connectivity index (χ0v) is 11.5. The molecule has 2 N–H and O–H groups in total. The van der Waals surface area contributed by atoms with Gasteiger partial charge in [0.15, 0.2) is 0 Å². The summed E-state index contributed by atoms with van der Waals surface area (Å²) in [7, 11) is -3.72. The third kappa shape index (κ3) is 6.88. The first-order valence-corrected chi connectivity index (χ1v) is 7.60. The van der Waals surface area contributed by atoms with Gasteiger partial charge in [-0.15, -0.1) is 0 Å². The number of hydrogen-bond donors (Lipinski definition) is 2. The van der Waals surface area contributed by atoms with Crippen molar-refractivity contribution in [2.24, 2.45) is 0 Å². The van der Waals surface area contributed by atoms with Gasteiger partial charge in [0.05, 0.1) is 12.4 Å². The van der Waals surface area contributed by atoms with Gasteiger partial charge in [-0.3, -0.25) is 0 Å². The van der Waals surface area contributed by atoms with Crippen LogP contribution < -0.4 is 4.72 Å². The fraction of sp³-hybridized carbons (Fsp3) is 0.500. The highest BCUT2D eigenvalue weighted by Gasteiger charge is 2.27. The number of aliphatic hydroxyl groups excluding tert-OH is 1. The maximum absolute atomic E-state index is 11.9. The summed E-state index contributed by atoms with van der Waals surface area (Å²) in [5.41, 5.74) is 1.36. The van der Waals surface area contributed by atoms with E-state index in [0.29, 0.717) is 11.1 Å². The molecule has 0 aliphatic rings. The maximum atomic E-state index is 11.9. The van der Waals surface area contributed by atoms with Gasteiger partial charge in [-0.25, -0.2) is 13.1 Å². The van der Waals surface area contributed by atoms with Gasteiger partial charge >= 0.3 is 6.18 Å². The van der Waals surface area contributed by atoms with E-state index in [1.807, 2.05) is 0 Å². The molecule has 1 aromatic carbocycles. The fourth-order valence-electron chi connectivity index (χ4n) is 1.49. The van der Waals surface area contributed by atoms with Crippen LogP contribution in [0.15, 0.2) is 24.3 Å². The van der Waals surface area contributed by atoms with Crippen LogP contribution in [0.25, 0.3) is 0 Å². The fourth-order valence-corrected chi connectivity index (χ4v) is 2.55. The highest BCUT2D eigenvalue weighted by Crippen LogP contribution is 2.21. The molecule has 8 heteroatoms. The highest BCUT2D eigenvalue weighted by atomic mass is 32.2. The average Bonchev–Trinajstić information content (AvgIpc) is 2.35. The topological polar surface area (TPSA) is 66.4 Å². The number of benzene rings is 1. The summed E-state index contributed by atoms with van der Waals surface area (Å²) in [6, 6.07) is 6.58. The average molecular weight is 311 g/mol. The van der Waals surface area contributed by atoms with E-state index < -0.39 is 34.8 Å². The molecule has 4 nitrogen and oxygen atoms in total. The molecule has 1 rings (SSSR count). The number of hydrogen-bond acceptors (Lipinski definition) is 3. The summed E-state index contributed by atoms with van der Waals surface area (Å²) in [5, 5.41) is 8.85. The third-order valence-electron chi connectivity index (χ3n) is 2.58. The van der Waals surface area contributed by atoms with Gasteiger partial charge in [-0.1, -0.05) is 24.3 Å². The van der Waals surface area contributed by atoms with Crippen molar-refractivity contribution in [3.63, 3.8) is 0 Å². The van der Waals surface area contributed by atoms with E-state index in [1.54, 1.807) is 24.3 Å². The van der Waals surface area contributed by atoms with Gasteiger partial charge in [-0.2, -0.15) is 13.2 Å². The second-order valence-electron chi connectivity index (χ2n) is 4.33. The largest absolute Gasteiger partial charge is 0.392 e. The molecular formula is C12H16F3NO3S. The first-order valence-electron chi connectivity index (χ1n) is 5.94. The van der Waals surface area contributed by atoms with Crippen LogP contribution in [0.4, 0.5) is 13.2 Å². The normalized spacial score (nSPS) is 12.6. The predicted molar refractivity (Wildman–Crippen MR) is 68.3 cm³/mol. The van der Waals surface area contributed by atoms with Gasteiger partial charge in [0.1, 0.15) is 0 Å². The number of sulfonamides is 1. The van der Waals surface area contributed by atoms with Crippen LogP contribution in [0.1, 0.15) is 24.0 Å². The van der Waals surface area contributed by atoms with E-state index in [0.717, 1.165) is 0 Å². The smallest absolute Gasteiger partial charge is 0.389 e. The monoisotopic (exact) mass is 311 g/mol. The Labute approximate surface area is 115 Å². The minimum absolute atomic E-state index is 0.0139. The maximum Gasteiger partial charge on any atom is 0.389 e. The SMILES string of the molecule is O=S(=O)(CCCC(F)(F)F)NCc1ccc(CO)cc1. The van der Waals surface area contributed by atoms with Crippen molar-refractivity contribution in [3.05, 3.63) is 35.4 Å². The third-order valence-corrected chi connectivity index (χ3v) is 3.99. The molecule has 0 saturated heterocycles. The second-order valence-corrected chi connectivity index (χ2v) is 6.26. The molecule has 0 spiro atoms. The molecule has 114 valence electrons. The summed E-state index contributed by atoms with van der Waals surface area (Å²) < 4.78 is 61.0. The summed E-state index contributed by atoms with van der Waals surface area (Å²) in [5.74, 6) is -0.554. The molecule has 0 heterocycles. The first kappa shape index (κ1) is 16.9. The Morgan fingerprint density at radius 3 is 2.15 bits per heavy atom. The minimum atomic E-state index is -4.34. The zero-order chi connectivity index (χ0) is 15.2. The van der Waals surface area contributed by atoms with Crippen LogP contribution in [0.3, 0.4) is 0 Å². The molecule has 0 bridgehead atoms. The molecule has 0 saturated carbocycles. The lowest BCUT2D eigenvalue weighted by molar-refractivity contribution is -0.134. The van der Waals surface area contributed by atoms with Crippen molar-refractivity contribution < 1.29 is 26.7 Å². The van der Waals surface area contributed by atoms with Gasteiger partial charge in [0.2, 0.25) is 10.0 Å². The van der Waals surface area contributed by atoms with Crippen molar-refractivity contribution in [2.75, 3.05) is 5.75 Å². The van der Waals surface area contributed by atoms with E-state index in [1.165, 1.54) is 0 Å². The lowest BCUT2D eigenvalue weighted by Gasteiger charge is -2.08. The summed E-state index contributed by atoms with van der Waals surface area (Å²) in [6.07, 6.45) is -5.91. The van der Waals surface area contributed by atoms with E-state index in [9.17, 15) is 21.6 Å². The molecule has 20 heavy (non-hydrogen) atoms. The first-order chi connectivity index (χ1) is 9.22. The van der Waals surface area contributed by atoms with Crippen LogP contribution >= 0.6 is 0 Å². The number of aliphatic hydroxyl groups is 1. The van der Waals surface area contributed by atoms with Gasteiger partial charge in [-0.05, 0) is 17.5 Å². The van der Waals surface area contributed by atoms with Gasteiger partial charge in [0.25, 0.3) is 0 Å². The number of halogens is 3.